The topological polar surface area (TPSA) is 86.1 Å². The van der Waals surface area contributed by atoms with Crippen molar-refractivity contribution in [3.05, 3.63) is 47.9 Å². The minimum Gasteiger partial charge on any atom is -0.494 e. The van der Waals surface area contributed by atoms with Gasteiger partial charge in [0.1, 0.15) is 17.7 Å². The van der Waals surface area contributed by atoms with Crippen LogP contribution in [0.5, 0.6) is 5.75 Å². The van der Waals surface area contributed by atoms with Gasteiger partial charge in [0.25, 0.3) is 5.91 Å². The Bertz CT molecular complexity index is 1140. The number of benzene rings is 1. The van der Waals surface area contributed by atoms with Crippen LogP contribution in [-0.4, -0.2) is 34.1 Å². The number of ether oxygens (including phenoxy) is 1. The van der Waals surface area contributed by atoms with Gasteiger partial charge in [-0.05, 0) is 48.8 Å². The lowest BCUT2D eigenvalue weighted by Gasteiger charge is -2.25. The normalized spacial score (nSPS) is 19.0. The van der Waals surface area contributed by atoms with Gasteiger partial charge in [-0.3, -0.25) is 14.5 Å². The Balaban J connectivity index is 1.62. The number of fused-ring (bicyclic) bond motifs is 1. The van der Waals surface area contributed by atoms with E-state index in [9.17, 15) is 9.59 Å². The quantitative estimate of drug-likeness (QED) is 0.576. The number of hydrogen-bond acceptors (Lipinski definition) is 5. The summed E-state index contributed by atoms with van der Waals surface area (Å²) in [6, 6.07) is 7.81. The Morgan fingerprint density at radius 1 is 1.22 bits per heavy atom. The average Bonchev–Trinajstić information content (AvgIpc) is 3.20. The van der Waals surface area contributed by atoms with Crippen molar-refractivity contribution in [1.29, 1.82) is 0 Å². The van der Waals surface area contributed by atoms with Gasteiger partial charge in [0, 0.05) is 29.8 Å². The second-order valence-corrected chi connectivity index (χ2v) is 9.53. The number of rotatable bonds is 5. The van der Waals surface area contributed by atoms with E-state index < -0.39 is 0 Å². The van der Waals surface area contributed by atoms with Crippen LogP contribution in [0.4, 0.5) is 5.69 Å². The van der Waals surface area contributed by atoms with Crippen LogP contribution in [0.2, 0.25) is 0 Å². The number of aromatic nitrogens is 3. The minimum absolute atomic E-state index is 0.169. The van der Waals surface area contributed by atoms with Crippen molar-refractivity contribution >= 4 is 28.8 Å². The number of hydrogen-bond donors (Lipinski definition) is 1. The van der Waals surface area contributed by atoms with Gasteiger partial charge >= 0.3 is 0 Å². The first-order valence-electron chi connectivity index (χ1n) is 11.1. The molecule has 0 atom stereocenters. The second-order valence-electron chi connectivity index (χ2n) is 9.53. The molecule has 1 amide bonds. The summed E-state index contributed by atoms with van der Waals surface area (Å²) in [5.41, 5.74) is 2.48. The molecule has 0 spiro atoms. The van der Waals surface area contributed by atoms with Crippen molar-refractivity contribution in [2.45, 2.75) is 57.9 Å². The van der Waals surface area contributed by atoms with E-state index in [1.54, 1.807) is 13.3 Å². The summed E-state index contributed by atoms with van der Waals surface area (Å²) in [4.78, 5) is 28.5. The fraction of sp³-hybridized carbons (Fsp3) is 0.440. The monoisotopic (exact) mass is 434 g/mol. The Hall–Kier alpha value is -3.22. The van der Waals surface area contributed by atoms with Crippen LogP contribution in [0, 0.1) is 5.92 Å². The molecular weight excluding hydrogens is 404 g/mol. The van der Waals surface area contributed by atoms with Gasteiger partial charge in [-0.25, -0.2) is 0 Å². The highest BCUT2D eigenvalue weighted by Crippen LogP contribution is 2.35. The van der Waals surface area contributed by atoms with Crippen molar-refractivity contribution in [3.63, 3.8) is 0 Å². The third kappa shape index (κ3) is 4.38. The van der Waals surface area contributed by atoms with Crippen molar-refractivity contribution < 1.29 is 14.3 Å². The lowest BCUT2D eigenvalue weighted by Crippen LogP contribution is -2.22. The van der Waals surface area contributed by atoms with Crippen molar-refractivity contribution in [2.75, 3.05) is 12.4 Å². The summed E-state index contributed by atoms with van der Waals surface area (Å²) in [6.45, 7) is 6.18. The molecule has 0 radical (unpaired) electrons. The zero-order valence-electron chi connectivity index (χ0n) is 19.1. The van der Waals surface area contributed by atoms with E-state index in [1.165, 1.54) is 0 Å². The molecule has 0 aliphatic heterocycles. The molecule has 7 heteroatoms. The lowest BCUT2D eigenvalue weighted by atomic mass is 9.85. The lowest BCUT2D eigenvalue weighted by molar-refractivity contribution is -0.112. The van der Waals surface area contributed by atoms with Crippen molar-refractivity contribution in [3.8, 4) is 5.75 Å². The highest BCUT2D eigenvalue weighted by atomic mass is 16.5. The molecule has 0 unspecified atom stereocenters. The smallest absolute Gasteiger partial charge is 0.274 e. The van der Waals surface area contributed by atoms with Crippen LogP contribution in [0.25, 0.3) is 10.9 Å². The Labute approximate surface area is 188 Å². The average molecular weight is 435 g/mol. The first-order valence-corrected chi connectivity index (χ1v) is 11.1. The summed E-state index contributed by atoms with van der Waals surface area (Å²) in [7, 11) is 1.58. The van der Waals surface area contributed by atoms with E-state index in [0.29, 0.717) is 17.1 Å². The van der Waals surface area contributed by atoms with E-state index in [1.807, 2.05) is 35.1 Å². The minimum atomic E-state index is -0.271. The fourth-order valence-electron chi connectivity index (χ4n) is 4.40. The fourth-order valence-corrected chi connectivity index (χ4v) is 4.40. The first-order chi connectivity index (χ1) is 15.3. The van der Waals surface area contributed by atoms with Gasteiger partial charge in [0.05, 0.1) is 24.4 Å². The van der Waals surface area contributed by atoms with Crippen LogP contribution in [-0.2, 0) is 10.2 Å². The molecule has 168 valence electrons. The van der Waals surface area contributed by atoms with Crippen LogP contribution in [0.3, 0.4) is 0 Å². The highest BCUT2D eigenvalue weighted by Gasteiger charge is 2.25. The van der Waals surface area contributed by atoms with E-state index >= 15 is 0 Å². The summed E-state index contributed by atoms with van der Waals surface area (Å²) < 4.78 is 7.54. The van der Waals surface area contributed by atoms with Crippen molar-refractivity contribution in [1.82, 2.24) is 14.8 Å². The predicted octanol–water partition coefficient (Wildman–Crippen LogP) is 4.92. The number of nitrogens with one attached hydrogen (secondary N) is 1. The van der Waals surface area contributed by atoms with Gasteiger partial charge in [-0.1, -0.05) is 26.8 Å². The molecule has 4 rings (SSSR count). The van der Waals surface area contributed by atoms with Gasteiger partial charge in [-0.15, -0.1) is 0 Å². The summed E-state index contributed by atoms with van der Waals surface area (Å²) in [6.07, 6.45) is 8.39. The molecule has 7 nitrogen and oxygen atoms in total. The Morgan fingerprint density at radius 3 is 2.62 bits per heavy atom. The van der Waals surface area contributed by atoms with E-state index in [4.69, 9.17) is 9.84 Å². The molecule has 2 aromatic heterocycles. The highest BCUT2D eigenvalue weighted by molar-refractivity contribution is 6.06. The summed E-state index contributed by atoms with van der Waals surface area (Å²) in [5.74, 6) is 0.449. The molecule has 0 bridgehead atoms. The number of nitrogens with zero attached hydrogens (tertiary/aromatic N) is 3. The van der Waals surface area contributed by atoms with Gasteiger partial charge in [0.15, 0.2) is 0 Å². The Morgan fingerprint density at radius 2 is 1.97 bits per heavy atom. The predicted molar refractivity (Wildman–Crippen MR) is 124 cm³/mol. The third-order valence-corrected chi connectivity index (χ3v) is 6.23. The molecule has 1 aliphatic rings. The molecule has 32 heavy (non-hydrogen) atoms. The van der Waals surface area contributed by atoms with Crippen molar-refractivity contribution in [2.24, 2.45) is 5.92 Å². The number of carbonyl (C=O) groups excluding carboxylic acids is 2. The van der Waals surface area contributed by atoms with Crippen LogP contribution >= 0.6 is 0 Å². The second kappa shape index (κ2) is 8.73. The molecule has 1 fully saturated rings. The molecule has 1 saturated carbocycles. The van der Waals surface area contributed by atoms with Gasteiger partial charge in [-0.2, -0.15) is 5.10 Å². The number of methoxy groups -OCH3 is 1. The maximum absolute atomic E-state index is 13.1. The Kier molecular flexibility index (Phi) is 6.00. The van der Waals surface area contributed by atoms with E-state index in [0.717, 1.165) is 48.4 Å². The van der Waals surface area contributed by atoms with Crippen LogP contribution < -0.4 is 10.1 Å². The first kappa shape index (κ1) is 22.0. The van der Waals surface area contributed by atoms with Gasteiger partial charge in [0.2, 0.25) is 0 Å². The standard InChI is InChI=1S/C25H30N4O3/c1-25(2,3)19-6-5-11-26-23(19)24(31)27-21-12-17-14-29(28-20(17)13-22(21)32-4)18-9-7-16(15-30)8-10-18/h5-6,11-16,18H,7-10H2,1-4H3,(H,27,31). The zero-order valence-corrected chi connectivity index (χ0v) is 19.1. The third-order valence-electron chi connectivity index (χ3n) is 6.23. The molecule has 0 saturated heterocycles. The summed E-state index contributed by atoms with van der Waals surface area (Å²) in [5, 5.41) is 8.65. The number of amides is 1. The number of carbonyl (C=O) groups is 2. The molecule has 3 aromatic rings. The molecule has 1 aromatic carbocycles. The van der Waals surface area contributed by atoms with E-state index in [2.05, 4.69) is 31.1 Å². The van der Waals surface area contributed by atoms with E-state index in [-0.39, 0.29) is 23.3 Å². The maximum atomic E-state index is 13.1. The largest absolute Gasteiger partial charge is 0.494 e. The molecule has 2 heterocycles. The maximum Gasteiger partial charge on any atom is 0.274 e. The van der Waals surface area contributed by atoms with Gasteiger partial charge < -0.3 is 14.8 Å². The zero-order chi connectivity index (χ0) is 22.9. The SMILES string of the molecule is COc1cc2nn(C3CCC(C=O)CC3)cc2cc1NC(=O)c1ncccc1C(C)(C)C. The number of anilines is 1. The number of aldehydes is 1. The summed E-state index contributed by atoms with van der Waals surface area (Å²) >= 11 is 0. The van der Waals surface area contributed by atoms with Crippen LogP contribution in [0.15, 0.2) is 36.7 Å². The molecule has 1 N–H and O–H groups in total. The molecular formula is C25H30N4O3. The van der Waals surface area contributed by atoms with Crippen LogP contribution in [0.1, 0.15) is 68.5 Å². The molecule has 1 aliphatic carbocycles. The number of pyridine rings is 1.